The second-order valence-corrected chi connectivity index (χ2v) is 5.64. The minimum atomic E-state index is -0.683. The van der Waals surface area contributed by atoms with Gasteiger partial charge in [-0.25, -0.2) is 4.39 Å². The minimum absolute atomic E-state index is 0.146. The third-order valence-corrected chi connectivity index (χ3v) is 2.44. The standard InChI is InChI=1S/C13H17FN2O3/c1-13(2,3)8-15(4)12(17)10-7-9(14)5-6-11(10)16(18)19/h5-7H,8H2,1-4H3. The number of rotatable bonds is 3. The first-order chi connectivity index (χ1) is 8.61. The molecule has 0 aliphatic heterocycles. The highest BCUT2D eigenvalue weighted by atomic mass is 19.1. The molecule has 1 amide bonds. The predicted molar refractivity (Wildman–Crippen MR) is 69.5 cm³/mol. The Labute approximate surface area is 111 Å². The maximum absolute atomic E-state index is 13.2. The van der Waals surface area contributed by atoms with Crippen LogP contribution in [-0.4, -0.2) is 29.3 Å². The summed E-state index contributed by atoms with van der Waals surface area (Å²) in [7, 11) is 1.54. The van der Waals surface area contributed by atoms with Crippen LogP contribution in [0.4, 0.5) is 10.1 Å². The fourth-order valence-electron chi connectivity index (χ4n) is 1.83. The van der Waals surface area contributed by atoms with Crippen LogP contribution >= 0.6 is 0 Å². The number of nitro benzene ring substituents is 1. The van der Waals surface area contributed by atoms with Gasteiger partial charge in [0.2, 0.25) is 0 Å². The summed E-state index contributed by atoms with van der Waals surface area (Å²) in [5, 5.41) is 10.9. The summed E-state index contributed by atoms with van der Waals surface area (Å²) in [5.41, 5.74) is -0.754. The molecule has 0 fully saturated rings. The minimum Gasteiger partial charge on any atom is -0.341 e. The number of hydrogen-bond donors (Lipinski definition) is 0. The lowest BCUT2D eigenvalue weighted by Gasteiger charge is -2.26. The molecule has 0 saturated carbocycles. The quantitative estimate of drug-likeness (QED) is 0.625. The summed E-state index contributed by atoms with van der Waals surface area (Å²) in [6, 6.07) is 2.88. The Balaban J connectivity index is 3.11. The molecule has 6 heteroatoms. The second-order valence-electron chi connectivity index (χ2n) is 5.64. The lowest BCUT2D eigenvalue weighted by Crippen LogP contribution is -2.34. The second kappa shape index (κ2) is 5.34. The Hall–Kier alpha value is -1.98. The van der Waals surface area contributed by atoms with E-state index < -0.39 is 16.6 Å². The maximum atomic E-state index is 13.2. The van der Waals surface area contributed by atoms with Crippen LogP contribution in [0.5, 0.6) is 0 Å². The molecular formula is C13H17FN2O3. The number of carbonyl (C=O) groups excluding carboxylic acids is 1. The molecular weight excluding hydrogens is 251 g/mol. The van der Waals surface area contributed by atoms with Gasteiger partial charge in [0.15, 0.2) is 0 Å². The van der Waals surface area contributed by atoms with E-state index in [1.54, 1.807) is 7.05 Å². The molecule has 1 aromatic carbocycles. The molecule has 1 aromatic rings. The zero-order valence-electron chi connectivity index (χ0n) is 11.4. The smallest absolute Gasteiger partial charge is 0.282 e. The first-order valence-electron chi connectivity index (χ1n) is 5.81. The first kappa shape index (κ1) is 15.1. The summed E-state index contributed by atoms with van der Waals surface area (Å²) in [6.45, 7) is 6.24. The van der Waals surface area contributed by atoms with Crippen LogP contribution in [0.2, 0.25) is 0 Å². The molecule has 0 bridgehead atoms. The van der Waals surface area contributed by atoms with E-state index >= 15 is 0 Å². The summed E-state index contributed by atoms with van der Waals surface area (Å²) >= 11 is 0. The molecule has 1 rings (SSSR count). The van der Waals surface area contributed by atoms with Crippen molar-refractivity contribution < 1.29 is 14.1 Å². The van der Waals surface area contributed by atoms with Gasteiger partial charge in [0.25, 0.3) is 11.6 Å². The Morgan fingerprint density at radius 1 is 1.42 bits per heavy atom. The third-order valence-electron chi connectivity index (χ3n) is 2.44. The van der Waals surface area contributed by atoms with E-state index in [0.717, 1.165) is 18.2 Å². The number of carbonyl (C=O) groups is 1. The molecule has 0 heterocycles. The molecule has 5 nitrogen and oxygen atoms in total. The molecule has 19 heavy (non-hydrogen) atoms. The van der Waals surface area contributed by atoms with Crippen molar-refractivity contribution in [2.45, 2.75) is 20.8 Å². The highest BCUT2D eigenvalue weighted by molar-refractivity contribution is 5.98. The first-order valence-corrected chi connectivity index (χ1v) is 5.81. The molecule has 0 radical (unpaired) electrons. The highest BCUT2D eigenvalue weighted by Crippen LogP contribution is 2.22. The number of benzene rings is 1. The molecule has 0 N–H and O–H groups in total. The Bertz CT molecular complexity index is 509. The summed E-state index contributed by atoms with van der Waals surface area (Å²) < 4.78 is 13.2. The summed E-state index contributed by atoms with van der Waals surface area (Å²) in [4.78, 5) is 23.7. The lowest BCUT2D eigenvalue weighted by molar-refractivity contribution is -0.385. The zero-order valence-corrected chi connectivity index (χ0v) is 11.4. The van der Waals surface area contributed by atoms with Crippen molar-refractivity contribution in [3.8, 4) is 0 Å². The number of nitro groups is 1. The Morgan fingerprint density at radius 3 is 2.47 bits per heavy atom. The Morgan fingerprint density at radius 2 is 2.00 bits per heavy atom. The fourth-order valence-corrected chi connectivity index (χ4v) is 1.83. The average molecular weight is 268 g/mol. The lowest BCUT2D eigenvalue weighted by atomic mass is 9.96. The number of hydrogen-bond acceptors (Lipinski definition) is 3. The molecule has 104 valence electrons. The van der Waals surface area contributed by atoms with E-state index in [2.05, 4.69) is 0 Å². The highest BCUT2D eigenvalue weighted by Gasteiger charge is 2.25. The number of halogens is 1. The van der Waals surface area contributed by atoms with E-state index in [0.29, 0.717) is 6.54 Å². The van der Waals surface area contributed by atoms with E-state index in [1.807, 2.05) is 20.8 Å². The summed E-state index contributed by atoms with van der Waals surface area (Å²) in [5.74, 6) is -1.22. The maximum Gasteiger partial charge on any atom is 0.282 e. The van der Waals surface area contributed by atoms with Gasteiger partial charge >= 0.3 is 0 Å². The molecule has 0 aliphatic rings. The average Bonchev–Trinajstić information content (AvgIpc) is 2.25. The van der Waals surface area contributed by atoms with Gasteiger partial charge in [-0.2, -0.15) is 0 Å². The van der Waals surface area contributed by atoms with Crippen molar-refractivity contribution in [1.29, 1.82) is 0 Å². The number of nitrogens with zero attached hydrogens (tertiary/aromatic N) is 2. The van der Waals surface area contributed by atoms with E-state index in [-0.39, 0.29) is 16.7 Å². The molecule has 0 atom stereocenters. The van der Waals surface area contributed by atoms with Crippen molar-refractivity contribution in [2.24, 2.45) is 5.41 Å². The molecule has 0 unspecified atom stereocenters. The van der Waals surface area contributed by atoms with Crippen LogP contribution in [0.15, 0.2) is 18.2 Å². The van der Waals surface area contributed by atoms with Gasteiger partial charge in [0, 0.05) is 19.7 Å². The van der Waals surface area contributed by atoms with Crippen LogP contribution in [0.3, 0.4) is 0 Å². The van der Waals surface area contributed by atoms with Crippen LogP contribution in [-0.2, 0) is 0 Å². The van der Waals surface area contributed by atoms with E-state index in [1.165, 1.54) is 4.90 Å². The van der Waals surface area contributed by atoms with Crippen molar-refractivity contribution in [3.05, 3.63) is 39.7 Å². The third kappa shape index (κ3) is 4.01. The largest absolute Gasteiger partial charge is 0.341 e. The SMILES string of the molecule is CN(CC(C)(C)C)C(=O)c1cc(F)ccc1[N+](=O)[O-]. The van der Waals surface area contributed by atoms with Crippen LogP contribution in [0.25, 0.3) is 0 Å². The van der Waals surface area contributed by atoms with Crippen LogP contribution < -0.4 is 0 Å². The Kier molecular flexibility index (Phi) is 4.24. The van der Waals surface area contributed by atoms with Gasteiger partial charge in [-0.05, 0) is 17.5 Å². The van der Waals surface area contributed by atoms with Gasteiger partial charge in [0.1, 0.15) is 11.4 Å². The monoisotopic (exact) mass is 268 g/mol. The summed E-state index contributed by atoms with van der Waals surface area (Å²) in [6.07, 6.45) is 0. The zero-order chi connectivity index (χ0) is 14.8. The van der Waals surface area contributed by atoms with Crippen molar-refractivity contribution in [3.63, 3.8) is 0 Å². The molecule has 0 spiro atoms. The van der Waals surface area contributed by atoms with Crippen molar-refractivity contribution >= 4 is 11.6 Å². The van der Waals surface area contributed by atoms with Gasteiger partial charge in [-0.1, -0.05) is 20.8 Å². The van der Waals surface area contributed by atoms with Gasteiger partial charge in [0.05, 0.1) is 4.92 Å². The van der Waals surface area contributed by atoms with Gasteiger partial charge in [-0.15, -0.1) is 0 Å². The fraction of sp³-hybridized carbons (Fsp3) is 0.462. The molecule has 0 aromatic heterocycles. The van der Waals surface area contributed by atoms with E-state index in [4.69, 9.17) is 0 Å². The van der Waals surface area contributed by atoms with Crippen LogP contribution in [0.1, 0.15) is 31.1 Å². The van der Waals surface area contributed by atoms with Crippen molar-refractivity contribution in [2.75, 3.05) is 13.6 Å². The molecule has 0 aliphatic carbocycles. The number of amides is 1. The molecule has 0 saturated heterocycles. The van der Waals surface area contributed by atoms with Gasteiger partial charge < -0.3 is 4.90 Å². The predicted octanol–water partition coefficient (Wildman–Crippen LogP) is 2.85. The van der Waals surface area contributed by atoms with Crippen molar-refractivity contribution in [1.82, 2.24) is 4.90 Å². The normalized spacial score (nSPS) is 11.2. The topological polar surface area (TPSA) is 63.5 Å². The van der Waals surface area contributed by atoms with Crippen LogP contribution in [0, 0.1) is 21.3 Å². The van der Waals surface area contributed by atoms with Gasteiger partial charge in [-0.3, -0.25) is 14.9 Å². The van der Waals surface area contributed by atoms with E-state index in [9.17, 15) is 19.3 Å².